The summed E-state index contributed by atoms with van der Waals surface area (Å²) >= 11 is 12.0. The van der Waals surface area contributed by atoms with Crippen LogP contribution in [0.4, 0.5) is 5.82 Å². The molecule has 0 saturated carbocycles. The van der Waals surface area contributed by atoms with Crippen LogP contribution in [0.3, 0.4) is 0 Å². The molecule has 0 fully saturated rings. The van der Waals surface area contributed by atoms with Crippen molar-refractivity contribution in [3.63, 3.8) is 0 Å². The van der Waals surface area contributed by atoms with E-state index in [1.807, 2.05) is 30.3 Å². The van der Waals surface area contributed by atoms with Crippen LogP contribution in [-0.2, 0) is 6.54 Å². The number of benzene rings is 2. The first-order chi connectivity index (χ1) is 12.0. The Morgan fingerprint density at radius 3 is 2.56 bits per heavy atom. The Kier molecular flexibility index (Phi) is 5.26. The molecule has 1 heterocycles. The zero-order chi connectivity index (χ0) is 17.8. The van der Waals surface area contributed by atoms with Gasteiger partial charge in [0, 0.05) is 11.8 Å². The minimum absolute atomic E-state index is 0.142. The van der Waals surface area contributed by atoms with Crippen LogP contribution in [0.15, 0.2) is 59.5 Å². The lowest BCUT2D eigenvalue weighted by molar-refractivity contribution is 0.295. The summed E-state index contributed by atoms with van der Waals surface area (Å²) in [7, 11) is 0. The number of nitrogens with zero attached hydrogens (tertiary/aromatic N) is 2. The molecule has 1 aromatic heterocycles. The minimum atomic E-state index is -0.432. The van der Waals surface area contributed by atoms with Gasteiger partial charge in [-0.15, -0.1) is 0 Å². The van der Waals surface area contributed by atoms with Crippen LogP contribution in [0.1, 0.15) is 0 Å². The van der Waals surface area contributed by atoms with Gasteiger partial charge in [-0.2, -0.15) is 4.98 Å². The highest BCUT2D eigenvalue weighted by molar-refractivity contribution is 6.42. The molecule has 7 heteroatoms. The van der Waals surface area contributed by atoms with E-state index in [9.17, 15) is 4.79 Å². The molecular weight excluding hydrogens is 361 g/mol. The Labute approximate surface area is 154 Å². The van der Waals surface area contributed by atoms with E-state index in [1.165, 1.54) is 4.57 Å². The molecule has 2 N–H and O–H groups in total. The maximum absolute atomic E-state index is 12.1. The Bertz CT molecular complexity index is 943. The lowest BCUT2D eigenvalue weighted by Gasteiger charge is -2.11. The second-order valence-electron chi connectivity index (χ2n) is 5.31. The van der Waals surface area contributed by atoms with Gasteiger partial charge < -0.3 is 10.5 Å². The molecule has 0 bridgehead atoms. The van der Waals surface area contributed by atoms with Crippen molar-refractivity contribution in [2.75, 3.05) is 12.3 Å². The monoisotopic (exact) mass is 375 g/mol. The quantitative estimate of drug-likeness (QED) is 0.734. The van der Waals surface area contributed by atoms with Crippen LogP contribution in [0, 0.1) is 0 Å². The fraction of sp³-hybridized carbons (Fsp3) is 0.111. The maximum atomic E-state index is 12.1. The zero-order valence-corrected chi connectivity index (χ0v) is 14.7. The molecule has 5 nitrogen and oxygen atoms in total. The third-order valence-corrected chi connectivity index (χ3v) is 4.34. The molecular formula is C18H15Cl2N3O2. The summed E-state index contributed by atoms with van der Waals surface area (Å²) in [6.07, 6.45) is 1.65. The molecule has 0 amide bonds. The van der Waals surface area contributed by atoms with Gasteiger partial charge in [0.2, 0.25) is 0 Å². The Morgan fingerprint density at radius 2 is 1.84 bits per heavy atom. The van der Waals surface area contributed by atoms with Gasteiger partial charge in [-0.1, -0.05) is 47.5 Å². The Morgan fingerprint density at radius 1 is 1.08 bits per heavy atom. The molecule has 0 radical (unpaired) electrons. The van der Waals surface area contributed by atoms with Crippen LogP contribution >= 0.6 is 23.2 Å². The van der Waals surface area contributed by atoms with E-state index in [2.05, 4.69) is 4.98 Å². The van der Waals surface area contributed by atoms with Crippen LogP contribution in [0.25, 0.3) is 11.1 Å². The largest absolute Gasteiger partial charge is 0.492 e. The molecule has 0 aliphatic heterocycles. The minimum Gasteiger partial charge on any atom is -0.492 e. The molecule has 0 atom stereocenters. The number of rotatable bonds is 5. The van der Waals surface area contributed by atoms with Gasteiger partial charge in [-0.25, -0.2) is 4.79 Å². The highest BCUT2D eigenvalue weighted by Crippen LogP contribution is 2.30. The van der Waals surface area contributed by atoms with E-state index in [0.717, 1.165) is 11.3 Å². The van der Waals surface area contributed by atoms with E-state index < -0.39 is 5.69 Å². The zero-order valence-electron chi connectivity index (χ0n) is 13.2. The summed E-state index contributed by atoms with van der Waals surface area (Å²) in [5, 5.41) is 0.852. The van der Waals surface area contributed by atoms with Crippen molar-refractivity contribution in [1.29, 1.82) is 0 Å². The SMILES string of the molecule is Nc1nc(=O)n(CCOc2ccccc2)cc1-c1ccc(Cl)c(Cl)c1. The van der Waals surface area contributed by atoms with Crippen molar-refractivity contribution in [3.8, 4) is 16.9 Å². The number of para-hydroxylation sites is 1. The summed E-state index contributed by atoms with van der Waals surface area (Å²) in [6.45, 7) is 0.672. The number of nitrogen functional groups attached to an aromatic ring is 1. The van der Waals surface area contributed by atoms with E-state index in [4.69, 9.17) is 33.7 Å². The molecule has 3 rings (SSSR count). The lowest BCUT2D eigenvalue weighted by atomic mass is 10.1. The average molecular weight is 376 g/mol. The first-order valence-electron chi connectivity index (χ1n) is 7.55. The van der Waals surface area contributed by atoms with E-state index >= 15 is 0 Å². The van der Waals surface area contributed by atoms with Crippen molar-refractivity contribution in [2.24, 2.45) is 0 Å². The average Bonchev–Trinajstić information content (AvgIpc) is 2.60. The van der Waals surface area contributed by atoms with Gasteiger partial charge in [-0.3, -0.25) is 4.57 Å². The first-order valence-corrected chi connectivity index (χ1v) is 8.30. The molecule has 0 spiro atoms. The first kappa shape index (κ1) is 17.3. The number of halogens is 2. The molecule has 128 valence electrons. The molecule has 25 heavy (non-hydrogen) atoms. The Hall–Kier alpha value is -2.50. The molecule has 0 saturated heterocycles. The third-order valence-electron chi connectivity index (χ3n) is 3.60. The summed E-state index contributed by atoms with van der Waals surface area (Å²) in [5.41, 5.74) is 6.81. The smallest absolute Gasteiger partial charge is 0.349 e. The topological polar surface area (TPSA) is 70.1 Å². The summed E-state index contributed by atoms with van der Waals surface area (Å²) in [5.74, 6) is 0.882. The highest BCUT2D eigenvalue weighted by Gasteiger charge is 2.10. The van der Waals surface area contributed by atoms with Crippen molar-refractivity contribution in [3.05, 3.63) is 75.3 Å². The number of aromatic nitrogens is 2. The van der Waals surface area contributed by atoms with Crippen LogP contribution in [0.2, 0.25) is 10.0 Å². The van der Waals surface area contributed by atoms with E-state index in [1.54, 1.807) is 24.4 Å². The highest BCUT2D eigenvalue weighted by atomic mass is 35.5. The van der Waals surface area contributed by atoms with Crippen LogP contribution in [-0.4, -0.2) is 16.2 Å². The number of hydrogen-bond acceptors (Lipinski definition) is 4. The number of hydrogen-bond donors (Lipinski definition) is 1. The van der Waals surface area contributed by atoms with E-state index in [-0.39, 0.29) is 5.82 Å². The normalized spacial score (nSPS) is 10.6. The van der Waals surface area contributed by atoms with Gasteiger partial charge in [0.25, 0.3) is 0 Å². The van der Waals surface area contributed by atoms with Gasteiger partial charge in [-0.05, 0) is 29.8 Å². The van der Waals surface area contributed by atoms with Gasteiger partial charge in [0.05, 0.1) is 16.6 Å². The number of anilines is 1. The van der Waals surface area contributed by atoms with Crippen molar-refractivity contribution < 1.29 is 4.74 Å². The second kappa shape index (κ2) is 7.59. The summed E-state index contributed by atoms with van der Waals surface area (Å²) in [4.78, 5) is 15.9. The number of ether oxygens (including phenoxy) is 1. The van der Waals surface area contributed by atoms with Crippen LogP contribution < -0.4 is 16.2 Å². The molecule has 3 aromatic rings. The molecule has 0 aliphatic carbocycles. The standard InChI is InChI=1S/C18H15Cl2N3O2/c19-15-7-6-12(10-16(15)20)14-11-23(18(24)22-17(14)21)8-9-25-13-4-2-1-3-5-13/h1-7,10-11H,8-9H2,(H2,21,22,24). The maximum Gasteiger partial charge on any atom is 0.349 e. The lowest BCUT2D eigenvalue weighted by Crippen LogP contribution is -2.26. The van der Waals surface area contributed by atoms with Crippen LogP contribution in [0.5, 0.6) is 5.75 Å². The molecule has 0 aliphatic rings. The summed E-state index contributed by atoms with van der Waals surface area (Å²) < 4.78 is 7.07. The Balaban J connectivity index is 1.83. The molecule has 0 unspecified atom stereocenters. The van der Waals surface area contributed by atoms with Crippen molar-refractivity contribution in [1.82, 2.24) is 9.55 Å². The van der Waals surface area contributed by atoms with Gasteiger partial charge in [0.15, 0.2) is 0 Å². The van der Waals surface area contributed by atoms with Crippen molar-refractivity contribution >= 4 is 29.0 Å². The fourth-order valence-corrected chi connectivity index (χ4v) is 2.63. The predicted octanol–water partition coefficient (Wildman–Crippen LogP) is 3.88. The second-order valence-corrected chi connectivity index (χ2v) is 6.12. The number of nitrogens with two attached hydrogens (primary N) is 1. The van der Waals surface area contributed by atoms with Gasteiger partial charge in [0.1, 0.15) is 18.2 Å². The predicted molar refractivity (Wildman–Crippen MR) is 100 cm³/mol. The van der Waals surface area contributed by atoms with E-state index in [0.29, 0.717) is 28.8 Å². The third kappa shape index (κ3) is 4.13. The summed E-state index contributed by atoms with van der Waals surface area (Å²) in [6, 6.07) is 14.5. The van der Waals surface area contributed by atoms with Gasteiger partial charge >= 0.3 is 5.69 Å². The fourth-order valence-electron chi connectivity index (χ4n) is 2.33. The van der Waals surface area contributed by atoms with Crippen molar-refractivity contribution in [2.45, 2.75) is 6.54 Å². The molecule has 2 aromatic carbocycles.